The fourth-order valence-corrected chi connectivity index (χ4v) is 2.78. The molecule has 4 nitrogen and oxygen atoms in total. The highest BCUT2D eigenvalue weighted by Crippen LogP contribution is 2.19. The Kier molecular flexibility index (Phi) is 6.22. The number of fused-ring (bicyclic) bond motifs is 1. The van der Waals surface area contributed by atoms with Gasteiger partial charge in [-0.3, -0.25) is 4.79 Å². The van der Waals surface area contributed by atoms with Crippen molar-refractivity contribution >= 4 is 28.5 Å². The first-order valence-electron chi connectivity index (χ1n) is 8.08. The highest BCUT2D eigenvalue weighted by molar-refractivity contribution is 6.31. The first-order chi connectivity index (χ1) is 11.1. The van der Waals surface area contributed by atoms with Gasteiger partial charge in [-0.1, -0.05) is 37.8 Å². The Morgan fingerprint density at radius 2 is 2.00 bits per heavy atom. The number of hydrogen-bond acceptors (Lipinski definition) is 3. The van der Waals surface area contributed by atoms with Gasteiger partial charge in [0.2, 0.25) is 5.43 Å². The Bertz CT molecular complexity index is 752. The Morgan fingerprint density at radius 3 is 2.70 bits per heavy atom. The van der Waals surface area contributed by atoms with E-state index >= 15 is 0 Å². The van der Waals surface area contributed by atoms with Crippen LogP contribution >= 0.6 is 11.6 Å². The summed E-state index contributed by atoms with van der Waals surface area (Å²) in [6, 6.07) is 5.11. The van der Waals surface area contributed by atoms with Gasteiger partial charge in [0.15, 0.2) is 0 Å². The summed E-state index contributed by atoms with van der Waals surface area (Å²) >= 11 is 6.07. The summed E-state index contributed by atoms with van der Waals surface area (Å²) in [5.74, 6) is -0.573. The highest BCUT2D eigenvalue weighted by atomic mass is 35.5. The summed E-state index contributed by atoms with van der Waals surface area (Å²) in [5, 5.41) is 1.07. The molecule has 0 saturated heterocycles. The molecule has 0 aliphatic heterocycles. The maximum Gasteiger partial charge on any atom is 0.343 e. The molecule has 2 aromatic rings. The van der Waals surface area contributed by atoms with Crippen molar-refractivity contribution in [3.05, 3.63) is 45.2 Å². The molecule has 0 saturated carbocycles. The minimum absolute atomic E-state index is 0.0807. The van der Waals surface area contributed by atoms with Gasteiger partial charge < -0.3 is 9.30 Å². The van der Waals surface area contributed by atoms with E-state index in [2.05, 4.69) is 6.92 Å². The first kappa shape index (κ1) is 17.5. The van der Waals surface area contributed by atoms with E-state index in [0.717, 1.165) is 31.3 Å². The van der Waals surface area contributed by atoms with Gasteiger partial charge in [0.25, 0.3) is 0 Å². The number of pyridine rings is 1. The molecule has 23 heavy (non-hydrogen) atoms. The zero-order chi connectivity index (χ0) is 16.8. The predicted molar refractivity (Wildman–Crippen MR) is 93.3 cm³/mol. The van der Waals surface area contributed by atoms with Crippen molar-refractivity contribution < 1.29 is 9.53 Å². The molecule has 0 aliphatic rings. The van der Waals surface area contributed by atoms with Crippen LogP contribution in [0.25, 0.3) is 10.9 Å². The molecule has 0 unspecified atom stereocenters. The number of carbonyl (C=O) groups is 1. The monoisotopic (exact) mass is 335 g/mol. The molecule has 124 valence electrons. The van der Waals surface area contributed by atoms with Gasteiger partial charge in [0.1, 0.15) is 5.56 Å². The number of ether oxygens (including phenoxy) is 1. The van der Waals surface area contributed by atoms with Crippen molar-refractivity contribution in [3.8, 4) is 0 Å². The SMILES string of the molecule is CCCCCCn1cc(C(=O)OCC)c(=O)c2ccc(Cl)cc21. The van der Waals surface area contributed by atoms with Crippen molar-refractivity contribution in [1.82, 2.24) is 4.57 Å². The van der Waals surface area contributed by atoms with E-state index in [9.17, 15) is 9.59 Å². The van der Waals surface area contributed by atoms with Gasteiger partial charge in [0, 0.05) is 23.2 Å². The van der Waals surface area contributed by atoms with Crippen LogP contribution in [0.4, 0.5) is 0 Å². The van der Waals surface area contributed by atoms with Crippen LogP contribution in [0.3, 0.4) is 0 Å². The summed E-state index contributed by atoms with van der Waals surface area (Å²) in [6.07, 6.45) is 6.03. The van der Waals surface area contributed by atoms with Gasteiger partial charge in [0.05, 0.1) is 12.1 Å². The summed E-state index contributed by atoms with van der Waals surface area (Å²) in [4.78, 5) is 24.6. The minimum Gasteiger partial charge on any atom is -0.462 e. The van der Waals surface area contributed by atoms with E-state index in [4.69, 9.17) is 16.3 Å². The number of nitrogens with zero attached hydrogens (tertiary/aromatic N) is 1. The lowest BCUT2D eigenvalue weighted by molar-refractivity contribution is 0.0524. The third kappa shape index (κ3) is 4.14. The van der Waals surface area contributed by atoms with Crippen molar-refractivity contribution in [2.24, 2.45) is 0 Å². The van der Waals surface area contributed by atoms with E-state index in [1.54, 1.807) is 31.3 Å². The second kappa shape index (κ2) is 8.16. The van der Waals surface area contributed by atoms with Crippen LogP contribution in [-0.4, -0.2) is 17.1 Å². The van der Waals surface area contributed by atoms with E-state index in [-0.39, 0.29) is 17.6 Å². The molecule has 0 amide bonds. The maximum absolute atomic E-state index is 12.5. The number of rotatable bonds is 7. The number of aromatic nitrogens is 1. The standard InChI is InChI=1S/C18H22ClNO3/c1-3-5-6-7-10-20-12-15(18(22)23-4-2)17(21)14-9-8-13(19)11-16(14)20/h8-9,11-12H,3-7,10H2,1-2H3. The smallest absolute Gasteiger partial charge is 0.343 e. The van der Waals surface area contributed by atoms with E-state index in [1.807, 2.05) is 4.57 Å². The van der Waals surface area contributed by atoms with E-state index in [0.29, 0.717) is 10.4 Å². The topological polar surface area (TPSA) is 48.3 Å². The van der Waals surface area contributed by atoms with Gasteiger partial charge in [-0.2, -0.15) is 0 Å². The average molecular weight is 336 g/mol. The van der Waals surface area contributed by atoms with Gasteiger partial charge in [-0.05, 0) is 31.5 Å². The van der Waals surface area contributed by atoms with Crippen LogP contribution in [0.15, 0.2) is 29.2 Å². The van der Waals surface area contributed by atoms with Crippen LogP contribution < -0.4 is 5.43 Å². The van der Waals surface area contributed by atoms with Crippen molar-refractivity contribution in [2.75, 3.05) is 6.61 Å². The Hall–Kier alpha value is -1.81. The largest absolute Gasteiger partial charge is 0.462 e. The zero-order valence-electron chi connectivity index (χ0n) is 13.6. The molecule has 0 N–H and O–H groups in total. The fourth-order valence-electron chi connectivity index (χ4n) is 2.61. The molecule has 0 fully saturated rings. The molecule has 0 aliphatic carbocycles. The Labute approximate surface area is 141 Å². The quantitative estimate of drug-likeness (QED) is 0.556. The van der Waals surface area contributed by atoms with Crippen LogP contribution in [0, 0.1) is 0 Å². The van der Waals surface area contributed by atoms with Crippen LogP contribution in [0.1, 0.15) is 49.9 Å². The number of benzene rings is 1. The lowest BCUT2D eigenvalue weighted by Crippen LogP contribution is -2.21. The van der Waals surface area contributed by atoms with Crippen LogP contribution in [0.2, 0.25) is 5.02 Å². The molecule has 1 heterocycles. The molecule has 0 atom stereocenters. The minimum atomic E-state index is -0.573. The number of aryl methyl sites for hydroxylation is 1. The van der Waals surface area contributed by atoms with Gasteiger partial charge in [-0.25, -0.2) is 4.79 Å². The van der Waals surface area contributed by atoms with Crippen molar-refractivity contribution in [2.45, 2.75) is 46.1 Å². The molecule has 5 heteroatoms. The van der Waals surface area contributed by atoms with E-state index in [1.165, 1.54) is 6.42 Å². The average Bonchev–Trinajstić information content (AvgIpc) is 2.53. The number of halogens is 1. The molecular formula is C18H22ClNO3. The predicted octanol–water partition coefficient (Wildman–Crippen LogP) is 4.41. The second-order valence-corrected chi connectivity index (χ2v) is 5.94. The molecule has 0 bridgehead atoms. The summed E-state index contributed by atoms with van der Waals surface area (Å²) in [7, 11) is 0. The molecule has 0 spiro atoms. The Balaban J connectivity index is 2.48. The number of esters is 1. The number of unbranched alkanes of at least 4 members (excludes halogenated alkanes) is 3. The lowest BCUT2D eigenvalue weighted by Gasteiger charge is -2.13. The summed E-state index contributed by atoms with van der Waals surface area (Å²) in [5.41, 5.74) is 0.532. The third-order valence-electron chi connectivity index (χ3n) is 3.79. The zero-order valence-corrected chi connectivity index (χ0v) is 14.4. The fraction of sp³-hybridized carbons (Fsp3) is 0.444. The van der Waals surface area contributed by atoms with Crippen molar-refractivity contribution in [1.29, 1.82) is 0 Å². The second-order valence-electron chi connectivity index (χ2n) is 5.51. The van der Waals surface area contributed by atoms with E-state index < -0.39 is 5.97 Å². The molecular weight excluding hydrogens is 314 g/mol. The van der Waals surface area contributed by atoms with Gasteiger partial charge >= 0.3 is 5.97 Å². The normalized spacial score (nSPS) is 10.9. The lowest BCUT2D eigenvalue weighted by atomic mass is 10.1. The number of hydrogen-bond donors (Lipinski definition) is 0. The van der Waals surface area contributed by atoms with Gasteiger partial charge in [-0.15, -0.1) is 0 Å². The maximum atomic E-state index is 12.5. The third-order valence-corrected chi connectivity index (χ3v) is 4.03. The summed E-state index contributed by atoms with van der Waals surface area (Å²) < 4.78 is 6.94. The highest BCUT2D eigenvalue weighted by Gasteiger charge is 2.16. The Morgan fingerprint density at radius 1 is 1.22 bits per heavy atom. The molecule has 2 rings (SSSR count). The summed E-state index contributed by atoms with van der Waals surface area (Å²) in [6.45, 7) is 4.87. The molecule has 1 aromatic carbocycles. The molecule has 1 aromatic heterocycles. The van der Waals surface area contributed by atoms with Crippen LogP contribution in [0.5, 0.6) is 0 Å². The first-order valence-corrected chi connectivity index (χ1v) is 8.46. The van der Waals surface area contributed by atoms with Crippen LogP contribution in [-0.2, 0) is 11.3 Å². The number of carbonyl (C=O) groups excluding carboxylic acids is 1. The van der Waals surface area contributed by atoms with Crippen molar-refractivity contribution in [3.63, 3.8) is 0 Å². The molecule has 0 radical (unpaired) electrons.